The standard InChI is InChI=1S/C50H32F3N3S3/c1-54-38-11-5-7-13-44(38)57-46-27-31(15-23-39(46)54)33-17-25-42-48(29-33)59-49-30-34(18-26-43(49)55(42)36-9-3-2-4-10-36)32-16-24-41-47(28-32)58-45-14-8-6-12-40(45)56(41)37-21-19-35(20-22-37)50(51,52)53/h2-30H,1H3. The van der Waals surface area contributed by atoms with Gasteiger partial charge in [-0.2, -0.15) is 13.2 Å². The molecule has 3 heterocycles. The highest BCUT2D eigenvalue weighted by atomic mass is 32.2. The Morgan fingerprint density at radius 3 is 1.22 bits per heavy atom. The van der Waals surface area contributed by atoms with Gasteiger partial charge in [0.15, 0.2) is 0 Å². The number of rotatable bonds is 4. The molecule has 8 aromatic rings. The Labute approximate surface area is 353 Å². The van der Waals surface area contributed by atoms with E-state index >= 15 is 0 Å². The molecule has 0 bridgehead atoms. The highest BCUT2D eigenvalue weighted by Crippen LogP contribution is 2.56. The van der Waals surface area contributed by atoms with Gasteiger partial charge in [-0.05, 0) is 131 Å². The van der Waals surface area contributed by atoms with Crippen LogP contribution in [0.25, 0.3) is 22.3 Å². The summed E-state index contributed by atoms with van der Waals surface area (Å²) in [5.41, 5.74) is 12.2. The molecular formula is C50H32F3N3S3. The van der Waals surface area contributed by atoms with Crippen LogP contribution < -0.4 is 14.7 Å². The van der Waals surface area contributed by atoms with Crippen LogP contribution in [0.5, 0.6) is 0 Å². The number of alkyl halides is 3. The van der Waals surface area contributed by atoms with Crippen molar-refractivity contribution in [2.75, 3.05) is 21.7 Å². The molecule has 0 amide bonds. The lowest BCUT2D eigenvalue weighted by Crippen LogP contribution is -2.15. The number of benzene rings is 8. The maximum atomic E-state index is 13.5. The van der Waals surface area contributed by atoms with Crippen LogP contribution in [0.4, 0.5) is 58.7 Å². The molecule has 0 unspecified atom stereocenters. The predicted molar refractivity (Wildman–Crippen MR) is 239 cm³/mol. The Morgan fingerprint density at radius 1 is 0.356 bits per heavy atom. The first-order valence-electron chi connectivity index (χ1n) is 19.1. The maximum absolute atomic E-state index is 13.5. The normalized spacial score (nSPS) is 13.8. The van der Waals surface area contributed by atoms with E-state index in [9.17, 15) is 13.2 Å². The fourth-order valence-corrected chi connectivity index (χ4v) is 11.6. The Balaban J connectivity index is 0.963. The Morgan fingerprint density at radius 2 is 0.712 bits per heavy atom. The van der Waals surface area contributed by atoms with Crippen LogP contribution in [0.3, 0.4) is 0 Å². The van der Waals surface area contributed by atoms with Crippen molar-refractivity contribution in [1.82, 2.24) is 0 Å². The molecule has 0 saturated heterocycles. The van der Waals surface area contributed by atoms with E-state index in [-0.39, 0.29) is 0 Å². The van der Waals surface area contributed by atoms with Gasteiger partial charge in [0, 0.05) is 47.8 Å². The van der Waals surface area contributed by atoms with Gasteiger partial charge in [-0.1, -0.05) is 102 Å². The van der Waals surface area contributed by atoms with Crippen molar-refractivity contribution in [3.63, 3.8) is 0 Å². The Kier molecular flexibility index (Phi) is 8.62. The second kappa shape index (κ2) is 14.1. The third-order valence-electron chi connectivity index (χ3n) is 11.0. The fourth-order valence-electron chi connectivity index (χ4n) is 8.16. The van der Waals surface area contributed by atoms with Crippen molar-refractivity contribution in [2.24, 2.45) is 0 Å². The number of hydrogen-bond donors (Lipinski definition) is 0. The number of nitrogens with zero attached hydrogens (tertiary/aromatic N) is 3. The van der Waals surface area contributed by atoms with Crippen molar-refractivity contribution in [3.8, 4) is 22.3 Å². The third-order valence-corrected chi connectivity index (χ3v) is 14.4. The first kappa shape index (κ1) is 36.1. The molecule has 3 aliphatic heterocycles. The lowest BCUT2D eigenvalue weighted by atomic mass is 10.0. The van der Waals surface area contributed by atoms with E-state index in [1.54, 1.807) is 35.7 Å². The van der Waals surface area contributed by atoms with Gasteiger partial charge in [0.25, 0.3) is 0 Å². The maximum Gasteiger partial charge on any atom is 0.416 e. The zero-order chi connectivity index (χ0) is 39.8. The van der Waals surface area contributed by atoms with Crippen LogP contribution >= 0.6 is 35.3 Å². The molecule has 0 aliphatic carbocycles. The summed E-state index contributed by atoms with van der Waals surface area (Å²) in [5.74, 6) is 0. The van der Waals surface area contributed by atoms with Gasteiger partial charge in [0.05, 0.1) is 39.7 Å². The van der Waals surface area contributed by atoms with Crippen molar-refractivity contribution < 1.29 is 13.2 Å². The van der Waals surface area contributed by atoms with Crippen molar-refractivity contribution in [2.45, 2.75) is 35.5 Å². The molecule has 9 heteroatoms. The molecular weight excluding hydrogens is 796 g/mol. The van der Waals surface area contributed by atoms with Crippen LogP contribution in [-0.4, -0.2) is 7.05 Å². The van der Waals surface area contributed by atoms with E-state index in [4.69, 9.17) is 0 Å². The minimum Gasteiger partial charge on any atom is -0.343 e. The van der Waals surface area contributed by atoms with Gasteiger partial charge in [-0.15, -0.1) is 0 Å². The Hall–Kier alpha value is -6.00. The molecule has 0 spiro atoms. The van der Waals surface area contributed by atoms with Gasteiger partial charge in [-0.25, -0.2) is 0 Å². The van der Waals surface area contributed by atoms with E-state index in [0.717, 1.165) is 66.4 Å². The van der Waals surface area contributed by atoms with E-state index in [1.165, 1.54) is 37.2 Å². The quantitative estimate of drug-likeness (QED) is 0.174. The summed E-state index contributed by atoms with van der Waals surface area (Å²) in [6, 6.07) is 59.2. The van der Waals surface area contributed by atoms with E-state index in [1.807, 2.05) is 36.0 Å². The molecule has 286 valence electrons. The minimum absolute atomic E-state index is 0.663. The Bertz CT molecular complexity index is 2950. The van der Waals surface area contributed by atoms with Crippen molar-refractivity contribution in [3.05, 3.63) is 181 Å². The van der Waals surface area contributed by atoms with Gasteiger partial charge in [0.2, 0.25) is 0 Å². The fraction of sp³-hybridized carbons (Fsp3) is 0.0400. The predicted octanol–water partition coefficient (Wildman–Crippen LogP) is 16.1. The molecule has 8 aromatic carbocycles. The number of halogens is 3. The number of anilines is 8. The van der Waals surface area contributed by atoms with Gasteiger partial charge in [0.1, 0.15) is 0 Å². The first-order chi connectivity index (χ1) is 28.8. The third kappa shape index (κ3) is 6.27. The molecule has 0 saturated carbocycles. The summed E-state index contributed by atoms with van der Waals surface area (Å²) in [6.45, 7) is 0. The topological polar surface area (TPSA) is 9.72 Å². The van der Waals surface area contributed by atoms with Crippen LogP contribution in [0, 0.1) is 0 Å². The largest absolute Gasteiger partial charge is 0.416 e. The van der Waals surface area contributed by atoms with E-state index < -0.39 is 11.7 Å². The lowest BCUT2D eigenvalue weighted by Gasteiger charge is -2.34. The average molecular weight is 828 g/mol. The summed E-state index contributed by atoms with van der Waals surface area (Å²) in [6.07, 6.45) is -4.40. The number of fused-ring (bicyclic) bond motifs is 6. The van der Waals surface area contributed by atoms with E-state index in [2.05, 4.69) is 149 Å². The van der Waals surface area contributed by atoms with E-state index in [0.29, 0.717) is 5.69 Å². The molecule has 3 aliphatic rings. The molecule has 11 rings (SSSR count). The monoisotopic (exact) mass is 827 g/mol. The molecule has 0 aromatic heterocycles. The molecule has 59 heavy (non-hydrogen) atoms. The zero-order valence-electron chi connectivity index (χ0n) is 31.4. The van der Waals surface area contributed by atoms with Crippen LogP contribution in [-0.2, 0) is 6.18 Å². The minimum atomic E-state index is -4.40. The zero-order valence-corrected chi connectivity index (χ0v) is 33.9. The summed E-state index contributed by atoms with van der Waals surface area (Å²) in [5, 5.41) is 0. The van der Waals surface area contributed by atoms with Crippen molar-refractivity contribution in [1.29, 1.82) is 0 Å². The lowest BCUT2D eigenvalue weighted by molar-refractivity contribution is -0.137. The van der Waals surface area contributed by atoms with Gasteiger partial charge < -0.3 is 14.7 Å². The average Bonchev–Trinajstić information content (AvgIpc) is 3.26. The summed E-state index contributed by atoms with van der Waals surface area (Å²) < 4.78 is 40.5. The second-order valence-electron chi connectivity index (χ2n) is 14.6. The molecule has 0 N–H and O–H groups in total. The van der Waals surface area contributed by atoms with Crippen LogP contribution in [0.15, 0.2) is 205 Å². The summed E-state index contributed by atoms with van der Waals surface area (Å²) >= 11 is 5.29. The number of para-hydroxylation sites is 3. The van der Waals surface area contributed by atoms with Gasteiger partial charge in [-0.3, -0.25) is 0 Å². The summed E-state index contributed by atoms with van der Waals surface area (Å²) in [4.78, 5) is 13.6. The molecule has 3 nitrogen and oxygen atoms in total. The second-order valence-corrected chi connectivity index (χ2v) is 17.8. The molecule has 0 atom stereocenters. The first-order valence-corrected chi connectivity index (χ1v) is 21.6. The highest BCUT2D eigenvalue weighted by Gasteiger charge is 2.32. The SMILES string of the molecule is CN1c2ccccc2Sc2cc(-c3ccc4c(c3)Sc3cc(-c5ccc6c(c5)Sc5ccccc5N6c5ccc(C(F)(F)F)cc5)ccc3N4c3ccccc3)ccc21. The highest BCUT2D eigenvalue weighted by molar-refractivity contribution is 8.00. The molecule has 0 radical (unpaired) electrons. The van der Waals surface area contributed by atoms with Crippen LogP contribution in [0.1, 0.15) is 5.56 Å². The van der Waals surface area contributed by atoms with Crippen LogP contribution in [0.2, 0.25) is 0 Å². The number of hydrogen-bond acceptors (Lipinski definition) is 6. The smallest absolute Gasteiger partial charge is 0.343 e. The van der Waals surface area contributed by atoms with Gasteiger partial charge >= 0.3 is 6.18 Å². The van der Waals surface area contributed by atoms with Crippen molar-refractivity contribution >= 4 is 80.8 Å². The summed E-state index contributed by atoms with van der Waals surface area (Å²) in [7, 11) is 2.14. The molecule has 0 fully saturated rings.